The fourth-order valence-corrected chi connectivity index (χ4v) is 2.35. The molecule has 3 nitrogen and oxygen atoms in total. The number of fused-ring (bicyclic) bond motifs is 3. The van der Waals surface area contributed by atoms with Crippen molar-refractivity contribution in [2.45, 2.75) is 13.3 Å². The van der Waals surface area contributed by atoms with E-state index in [2.05, 4.69) is 9.72 Å². The second-order valence-electron chi connectivity index (χ2n) is 4.62. The van der Waals surface area contributed by atoms with E-state index >= 15 is 0 Å². The third-order valence-corrected chi connectivity index (χ3v) is 3.15. The Bertz CT molecular complexity index is 831. The number of hydrogen-bond donors (Lipinski definition) is 0. The van der Waals surface area contributed by atoms with E-state index in [4.69, 9.17) is 4.74 Å². The molecule has 0 aliphatic rings. The Hall–Kier alpha value is -2.50. The first-order valence-electron chi connectivity index (χ1n) is 6.69. The minimum absolute atomic E-state index is 0.265. The SMILES string of the molecule is CCOc1nc2ccccc2c2cc(OC(F)(F)F)ccc12. The van der Waals surface area contributed by atoms with Crippen LogP contribution in [0.2, 0.25) is 0 Å². The van der Waals surface area contributed by atoms with Crippen molar-refractivity contribution in [3.05, 3.63) is 42.5 Å². The highest BCUT2D eigenvalue weighted by molar-refractivity contribution is 6.08. The summed E-state index contributed by atoms with van der Waals surface area (Å²) in [6.07, 6.45) is -4.72. The molecule has 1 aromatic heterocycles. The number of rotatable bonds is 3. The van der Waals surface area contributed by atoms with Crippen molar-refractivity contribution in [2.75, 3.05) is 6.61 Å². The Morgan fingerprint density at radius 3 is 2.50 bits per heavy atom. The third-order valence-electron chi connectivity index (χ3n) is 3.15. The molecule has 6 heteroatoms. The molecule has 2 aromatic carbocycles. The average molecular weight is 307 g/mol. The molecule has 1 heterocycles. The molecule has 0 N–H and O–H groups in total. The van der Waals surface area contributed by atoms with Crippen LogP contribution in [-0.2, 0) is 0 Å². The van der Waals surface area contributed by atoms with Crippen LogP contribution >= 0.6 is 0 Å². The molecule has 3 rings (SSSR count). The average Bonchev–Trinajstić information content (AvgIpc) is 2.46. The number of hydrogen-bond acceptors (Lipinski definition) is 3. The number of aromatic nitrogens is 1. The molecule has 0 saturated carbocycles. The molecule has 114 valence electrons. The van der Waals surface area contributed by atoms with E-state index < -0.39 is 6.36 Å². The van der Waals surface area contributed by atoms with Crippen LogP contribution in [0.15, 0.2) is 42.5 Å². The van der Waals surface area contributed by atoms with Gasteiger partial charge in [0.05, 0.1) is 12.1 Å². The van der Waals surface area contributed by atoms with Gasteiger partial charge in [-0.1, -0.05) is 18.2 Å². The maximum Gasteiger partial charge on any atom is 0.573 e. The molecule has 0 aliphatic heterocycles. The molecule has 0 atom stereocenters. The van der Waals surface area contributed by atoms with Crippen molar-refractivity contribution < 1.29 is 22.6 Å². The lowest BCUT2D eigenvalue weighted by Gasteiger charge is -2.13. The fraction of sp³-hybridized carbons (Fsp3) is 0.188. The quantitative estimate of drug-likeness (QED) is 0.658. The number of benzene rings is 2. The Labute approximate surface area is 124 Å². The van der Waals surface area contributed by atoms with Gasteiger partial charge in [0.1, 0.15) is 5.75 Å². The van der Waals surface area contributed by atoms with Gasteiger partial charge in [-0.3, -0.25) is 0 Å². The van der Waals surface area contributed by atoms with Crippen LogP contribution in [-0.4, -0.2) is 18.0 Å². The van der Waals surface area contributed by atoms with Crippen LogP contribution in [0, 0.1) is 0 Å². The zero-order chi connectivity index (χ0) is 15.7. The van der Waals surface area contributed by atoms with Crippen molar-refractivity contribution in [2.24, 2.45) is 0 Å². The molecule has 0 amide bonds. The van der Waals surface area contributed by atoms with Crippen molar-refractivity contribution in [3.63, 3.8) is 0 Å². The highest BCUT2D eigenvalue weighted by Crippen LogP contribution is 2.34. The molecular weight excluding hydrogens is 295 g/mol. The van der Waals surface area contributed by atoms with E-state index in [-0.39, 0.29) is 5.75 Å². The van der Waals surface area contributed by atoms with E-state index in [0.29, 0.717) is 28.8 Å². The molecule has 22 heavy (non-hydrogen) atoms. The van der Waals surface area contributed by atoms with Gasteiger partial charge in [-0.05, 0) is 31.2 Å². The minimum Gasteiger partial charge on any atom is -0.478 e. The second-order valence-corrected chi connectivity index (χ2v) is 4.62. The molecular formula is C16H12F3NO2. The normalized spacial score (nSPS) is 11.8. The van der Waals surface area contributed by atoms with Crippen LogP contribution in [0.25, 0.3) is 21.7 Å². The van der Waals surface area contributed by atoms with E-state index in [9.17, 15) is 13.2 Å². The fourth-order valence-electron chi connectivity index (χ4n) is 2.35. The standard InChI is InChI=1S/C16H12F3NO2/c1-2-21-15-12-8-7-10(22-16(17,18)19)9-13(12)11-5-3-4-6-14(11)20-15/h3-9H,2H2,1H3. The van der Waals surface area contributed by atoms with Gasteiger partial charge in [-0.15, -0.1) is 13.2 Å². The van der Waals surface area contributed by atoms with Gasteiger partial charge in [0.25, 0.3) is 0 Å². The summed E-state index contributed by atoms with van der Waals surface area (Å²) in [7, 11) is 0. The predicted molar refractivity (Wildman–Crippen MR) is 77.1 cm³/mol. The van der Waals surface area contributed by atoms with E-state index in [1.165, 1.54) is 18.2 Å². The summed E-state index contributed by atoms with van der Waals surface area (Å²) in [6, 6.07) is 11.4. The lowest BCUT2D eigenvalue weighted by atomic mass is 10.1. The van der Waals surface area contributed by atoms with Crippen molar-refractivity contribution in [3.8, 4) is 11.6 Å². The van der Waals surface area contributed by atoms with Crippen LogP contribution in [0.5, 0.6) is 11.6 Å². The first kappa shape index (κ1) is 14.4. The Kier molecular flexibility index (Phi) is 3.52. The molecule has 0 saturated heterocycles. The van der Waals surface area contributed by atoms with Gasteiger partial charge in [-0.25, -0.2) is 4.98 Å². The third kappa shape index (κ3) is 2.77. The Morgan fingerprint density at radius 1 is 1.00 bits per heavy atom. The van der Waals surface area contributed by atoms with Gasteiger partial charge in [0, 0.05) is 16.2 Å². The molecule has 0 bridgehead atoms. The summed E-state index contributed by atoms with van der Waals surface area (Å²) in [5.74, 6) is 0.133. The summed E-state index contributed by atoms with van der Waals surface area (Å²) < 4.78 is 46.7. The first-order valence-corrected chi connectivity index (χ1v) is 6.69. The van der Waals surface area contributed by atoms with Gasteiger partial charge in [0.15, 0.2) is 0 Å². The number of para-hydroxylation sites is 1. The Balaban J connectivity index is 2.26. The number of nitrogens with zero attached hydrogens (tertiary/aromatic N) is 1. The summed E-state index contributed by atoms with van der Waals surface area (Å²) >= 11 is 0. The molecule has 0 radical (unpaired) electrons. The second kappa shape index (κ2) is 5.36. The number of pyridine rings is 1. The molecule has 0 spiro atoms. The first-order chi connectivity index (χ1) is 10.5. The van der Waals surface area contributed by atoms with Crippen molar-refractivity contribution >= 4 is 21.7 Å². The number of ether oxygens (including phenoxy) is 2. The van der Waals surface area contributed by atoms with Gasteiger partial charge < -0.3 is 9.47 Å². The van der Waals surface area contributed by atoms with E-state index in [1.54, 1.807) is 18.2 Å². The van der Waals surface area contributed by atoms with Crippen molar-refractivity contribution in [1.82, 2.24) is 4.98 Å². The zero-order valence-electron chi connectivity index (χ0n) is 11.6. The summed E-state index contributed by atoms with van der Waals surface area (Å²) in [5.41, 5.74) is 0.655. The molecule has 0 aliphatic carbocycles. The minimum atomic E-state index is -4.72. The summed E-state index contributed by atoms with van der Waals surface area (Å²) in [5, 5.41) is 2.00. The van der Waals surface area contributed by atoms with Crippen LogP contribution in [0.1, 0.15) is 6.92 Å². The van der Waals surface area contributed by atoms with Crippen LogP contribution < -0.4 is 9.47 Å². The zero-order valence-corrected chi connectivity index (χ0v) is 11.6. The van der Waals surface area contributed by atoms with Crippen LogP contribution in [0.3, 0.4) is 0 Å². The van der Waals surface area contributed by atoms with E-state index in [1.807, 2.05) is 13.0 Å². The maximum absolute atomic E-state index is 12.4. The van der Waals surface area contributed by atoms with E-state index in [0.717, 1.165) is 5.39 Å². The van der Waals surface area contributed by atoms with Gasteiger partial charge >= 0.3 is 6.36 Å². The van der Waals surface area contributed by atoms with Gasteiger partial charge in [0.2, 0.25) is 5.88 Å². The highest BCUT2D eigenvalue weighted by atomic mass is 19.4. The highest BCUT2D eigenvalue weighted by Gasteiger charge is 2.31. The topological polar surface area (TPSA) is 31.4 Å². The Morgan fingerprint density at radius 2 is 1.77 bits per heavy atom. The summed E-state index contributed by atoms with van der Waals surface area (Å²) in [6.45, 7) is 2.24. The molecule has 0 unspecified atom stereocenters. The van der Waals surface area contributed by atoms with Crippen molar-refractivity contribution in [1.29, 1.82) is 0 Å². The predicted octanol–water partition coefficient (Wildman–Crippen LogP) is 4.69. The monoisotopic (exact) mass is 307 g/mol. The molecule has 0 fully saturated rings. The smallest absolute Gasteiger partial charge is 0.478 e. The number of halogens is 3. The van der Waals surface area contributed by atoms with Crippen LogP contribution in [0.4, 0.5) is 13.2 Å². The number of alkyl halides is 3. The summed E-state index contributed by atoms with van der Waals surface area (Å²) in [4.78, 5) is 4.41. The van der Waals surface area contributed by atoms with Gasteiger partial charge in [-0.2, -0.15) is 0 Å². The largest absolute Gasteiger partial charge is 0.573 e. The molecule has 3 aromatic rings. The lowest BCUT2D eigenvalue weighted by molar-refractivity contribution is -0.274. The maximum atomic E-state index is 12.4. The lowest BCUT2D eigenvalue weighted by Crippen LogP contribution is -2.17.